The fourth-order valence-electron chi connectivity index (χ4n) is 1.87. The van der Waals surface area contributed by atoms with Gasteiger partial charge in [-0.05, 0) is 12.8 Å². The van der Waals surface area contributed by atoms with Crippen molar-refractivity contribution in [1.82, 2.24) is 0 Å². The number of halogens is 1. The second-order valence-electron chi connectivity index (χ2n) is 4.94. The molecule has 0 bridgehead atoms. The van der Waals surface area contributed by atoms with Gasteiger partial charge in [-0.3, -0.25) is 0 Å². The molecule has 1 aliphatic rings. The van der Waals surface area contributed by atoms with E-state index in [-0.39, 0.29) is 0 Å². The summed E-state index contributed by atoms with van der Waals surface area (Å²) in [6, 6.07) is 0. The second-order valence-corrected chi connectivity index (χ2v) is 6.05. The van der Waals surface area contributed by atoms with Gasteiger partial charge in [-0.1, -0.05) is 56.0 Å². The maximum Gasteiger partial charge on any atom is 0.0647 e. The molecule has 1 saturated carbocycles. The standard InChI is InChI=1S/C12H23BrO/c1-4-5-6-7-8-14-11-9-10(13)12(11,2)3/h10-11H,4-9H2,1-3H3. The van der Waals surface area contributed by atoms with Gasteiger partial charge in [0.15, 0.2) is 0 Å². The molecule has 0 amide bonds. The molecular weight excluding hydrogens is 240 g/mol. The van der Waals surface area contributed by atoms with E-state index < -0.39 is 0 Å². The predicted molar refractivity (Wildman–Crippen MR) is 65.0 cm³/mol. The third-order valence-electron chi connectivity index (χ3n) is 3.38. The molecule has 1 rings (SSSR count). The number of alkyl halides is 1. The van der Waals surface area contributed by atoms with Crippen molar-refractivity contribution in [2.75, 3.05) is 6.61 Å². The molecule has 2 unspecified atom stereocenters. The number of ether oxygens (including phenoxy) is 1. The first-order valence-electron chi connectivity index (χ1n) is 5.84. The summed E-state index contributed by atoms with van der Waals surface area (Å²) < 4.78 is 5.88. The van der Waals surface area contributed by atoms with Crippen LogP contribution in [-0.2, 0) is 4.74 Å². The number of unbranched alkanes of at least 4 members (excludes halogenated alkanes) is 3. The molecule has 0 N–H and O–H groups in total. The lowest BCUT2D eigenvalue weighted by molar-refractivity contribution is -0.0857. The van der Waals surface area contributed by atoms with Crippen LogP contribution in [-0.4, -0.2) is 17.5 Å². The minimum Gasteiger partial charge on any atom is -0.378 e. The van der Waals surface area contributed by atoms with E-state index >= 15 is 0 Å². The van der Waals surface area contributed by atoms with Crippen molar-refractivity contribution < 1.29 is 4.74 Å². The zero-order valence-electron chi connectivity index (χ0n) is 9.68. The third kappa shape index (κ3) is 2.96. The molecule has 2 atom stereocenters. The lowest BCUT2D eigenvalue weighted by Gasteiger charge is -2.48. The van der Waals surface area contributed by atoms with Gasteiger partial charge in [0, 0.05) is 16.8 Å². The van der Waals surface area contributed by atoms with Crippen LogP contribution in [0.25, 0.3) is 0 Å². The Morgan fingerprint density at radius 2 is 2.00 bits per heavy atom. The summed E-state index contributed by atoms with van der Waals surface area (Å²) in [5, 5.41) is 0. The maximum atomic E-state index is 5.88. The highest BCUT2D eigenvalue weighted by Gasteiger charge is 2.47. The molecule has 1 fully saturated rings. The molecule has 2 heteroatoms. The largest absolute Gasteiger partial charge is 0.378 e. The Balaban J connectivity index is 2.03. The van der Waals surface area contributed by atoms with Gasteiger partial charge in [-0.2, -0.15) is 0 Å². The molecule has 84 valence electrons. The molecule has 0 heterocycles. The minimum atomic E-state index is 0.338. The van der Waals surface area contributed by atoms with Crippen molar-refractivity contribution in [2.45, 2.75) is 63.8 Å². The van der Waals surface area contributed by atoms with Crippen LogP contribution in [0.4, 0.5) is 0 Å². The Bertz CT molecular complexity index is 168. The zero-order chi connectivity index (χ0) is 10.6. The first kappa shape index (κ1) is 12.5. The molecule has 0 radical (unpaired) electrons. The number of hydrogen-bond donors (Lipinski definition) is 0. The summed E-state index contributed by atoms with van der Waals surface area (Å²) in [6.07, 6.45) is 6.86. The van der Waals surface area contributed by atoms with Crippen LogP contribution in [0, 0.1) is 5.41 Å². The van der Waals surface area contributed by atoms with Crippen LogP contribution in [0.2, 0.25) is 0 Å². The van der Waals surface area contributed by atoms with Gasteiger partial charge < -0.3 is 4.74 Å². The average Bonchev–Trinajstić information content (AvgIpc) is 2.16. The lowest BCUT2D eigenvalue weighted by Crippen LogP contribution is -2.51. The van der Waals surface area contributed by atoms with Crippen molar-refractivity contribution >= 4 is 15.9 Å². The Hall–Kier alpha value is 0.440. The molecule has 0 spiro atoms. The maximum absolute atomic E-state index is 5.88. The van der Waals surface area contributed by atoms with E-state index in [4.69, 9.17) is 4.74 Å². The molecule has 0 aromatic heterocycles. The molecule has 0 aliphatic heterocycles. The predicted octanol–water partition coefficient (Wildman–Crippen LogP) is 4.15. The summed E-state index contributed by atoms with van der Waals surface area (Å²) >= 11 is 3.68. The Labute approximate surface area is 96.7 Å². The Morgan fingerprint density at radius 1 is 1.29 bits per heavy atom. The van der Waals surface area contributed by atoms with Crippen LogP contribution in [0.3, 0.4) is 0 Å². The van der Waals surface area contributed by atoms with Crippen LogP contribution in [0.15, 0.2) is 0 Å². The molecule has 1 nitrogen and oxygen atoms in total. The van der Waals surface area contributed by atoms with Crippen molar-refractivity contribution in [1.29, 1.82) is 0 Å². The Kier molecular flexibility index (Phi) is 4.92. The molecule has 0 saturated heterocycles. The third-order valence-corrected chi connectivity index (χ3v) is 4.93. The molecule has 1 aliphatic carbocycles. The van der Waals surface area contributed by atoms with E-state index in [1.807, 2.05) is 0 Å². The van der Waals surface area contributed by atoms with Crippen molar-refractivity contribution in [2.24, 2.45) is 5.41 Å². The van der Waals surface area contributed by atoms with Gasteiger partial charge in [0.2, 0.25) is 0 Å². The Morgan fingerprint density at radius 3 is 2.50 bits per heavy atom. The molecule has 14 heavy (non-hydrogen) atoms. The highest BCUT2D eigenvalue weighted by atomic mass is 79.9. The quantitative estimate of drug-likeness (QED) is 0.517. The monoisotopic (exact) mass is 262 g/mol. The summed E-state index contributed by atoms with van der Waals surface area (Å²) in [5.74, 6) is 0. The van der Waals surface area contributed by atoms with E-state index in [1.54, 1.807) is 0 Å². The molecule has 0 aromatic carbocycles. The van der Waals surface area contributed by atoms with Crippen molar-refractivity contribution in [3.8, 4) is 0 Å². The van der Waals surface area contributed by atoms with E-state index in [0.717, 1.165) is 6.61 Å². The SMILES string of the molecule is CCCCCCOC1CC(Br)C1(C)C. The van der Waals surface area contributed by atoms with E-state index in [2.05, 4.69) is 36.7 Å². The van der Waals surface area contributed by atoms with Crippen LogP contribution >= 0.6 is 15.9 Å². The van der Waals surface area contributed by atoms with E-state index in [1.165, 1.54) is 32.1 Å². The average molecular weight is 263 g/mol. The van der Waals surface area contributed by atoms with Crippen molar-refractivity contribution in [3.63, 3.8) is 0 Å². The highest BCUT2D eigenvalue weighted by Crippen LogP contribution is 2.47. The fraction of sp³-hybridized carbons (Fsp3) is 1.00. The van der Waals surface area contributed by atoms with Crippen LogP contribution in [0.1, 0.15) is 52.9 Å². The first-order chi connectivity index (χ1) is 6.59. The van der Waals surface area contributed by atoms with Gasteiger partial charge in [0.05, 0.1) is 6.10 Å². The van der Waals surface area contributed by atoms with Gasteiger partial charge in [0.25, 0.3) is 0 Å². The van der Waals surface area contributed by atoms with Crippen molar-refractivity contribution in [3.05, 3.63) is 0 Å². The summed E-state index contributed by atoms with van der Waals surface area (Å²) in [6.45, 7) is 7.76. The van der Waals surface area contributed by atoms with Crippen LogP contribution in [0.5, 0.6) is 0 Å². The van der Waals surface area contributed by atoms with Gasteiger partial charge in [-0.25, -0.2) is 0 Å². The highest BCUT2D eigenvalue weighted by molar-refractivity contribution is 9.09. The minimum absolute atomic E-state index is 0.338. The van der Waals surface area contributed by atoms with E-state index in [0.29, 0.717) is 16.3 Å². The lowest BCUT2D eigenvalue weighted by atomic mass is 9.69. The second kappa shape index (κ2) is 5.50. The zero-order valence-corrected chi connectivity index (χ0v) is 11.3. The number of rotatable bonds is 6. The number of hydrogen-bond acceptors (Lipinski definition) is 1. The van der Waals surface area contributed by atoms with Gasteiger partial charge in [-0.15, -0.1) is 0 Å². The van der Waals surface area contributed by atoms with Gasteiger partial charge >= 0.3 is 0 Å². The summed E-state index contributed by atoms with van der Waals surface area (Å²) in [7, 11) is 0. The summed E-state index contributed by atoms with van der Waals surface area (Å²) in [5.41, 5.74) is 0.338. The van der Waals surface area contributed by atoms with Crippen LogP contribution < -0.4 is 0 Å². The summed E-state index contributed by atoms with van der Waals surface area (Å²) in [4.78, 5) is 0.649. The smallest absolute Gasteiger partial charge is 0.0647 e. The van der Waals surface area contributed by atoms with E-state index in [9.17, 15) is 0 Å². The molecular formula is C12H23BrO. The van der Waals surface area contributed by atoms with Gasteiger partial charge in [0.1, 0.15) is 0 Å². The fourth-order valence-corrected chi connectivity index (χ4v) is 2.51. The first-order valence-corrected chi connectivity index (χ1v) is 6.76. The normalized spacial score (nSPS) is 30.0. The molecule has 0 aromatic rings. The topological polar surface area (TPSA) is 9.23 Å².